The molecule has 13 heteroatoms. The Labute approximate surface area is 241 Å². The predicted octanol–water partition coefficient (Wildman–Crippen LogP) is 2.39. The molecule has 0 aliphatic rings. The molecule has 0 atom stereocenters. The maximum atomic E-state index is 14.1. The molecule has 5 rings (SSSR count). The molecule has 2 heterocycles. The molecule has 0 bridgehead atoms. The number of aliphatic carboxylic acids is 1. The van der Waals surface area contributed by atoms with Crippen LogP contribution in [0.4, 0.5) is 5.69 Å². The molecule has 0 aliphatic heterocycles. The number of imidazole rings is 1. The van der Waals surface area contributed by atoms with Gasteiger partial charge in [0, 0.05) is 30.6 Å². The maximum Gasteiger partial charge on any atom is 0.317 e. The summed E-state index contributed by atoms with van der Waals surface area (Å²) in [5, 5.41) is 19.6. The molecule has 0 radical (unpaired) electrons. The third-order valence-electron chi connectivity index (χ3n) is 6.71. The Hall–Kier alpha value is -5.14. The second kappa shape index (κ2) is 11.4. The maximum absolute atomic E-state index is 14.1. The van der Waals surface area contributed by atoms with E-state index in [4.69, 9.17) is 21.2 Å². The molecule has 0 spiro atoms. The number of nitrogens with zero attached hydrogens (tertiary/aromatic N) is 4. The number of carboxylic acids is 1. The minimum Gasteiger partial charge on any atom is -0.480 e. The second-order valence-corrected chi connectivity index (χ2v) is 11.3. The fourth-order valence-electron chi connectivity index (χ4n) is 4.65. The van der Waals surface area contributed by atoms with Crippen LogP contribution in [0.5, 0.6) is 0 Å². The van der Waals surface area contributed by atoms with Crippen LogP contribution in [0.15, 0.2) is 83.9 Å². The van der Waals surface area contributed by atoms with Crippen molar-refractivity contribution in [3.8, 4) is 0 Å². The molecular formula is C29H27N7O5S. The molecule has 12 nitrogen and oxygen atoms in total. The lowest BCUT2D eigenvalue weighted by molar-refractivity contribution is -0.135. The first-order valence-corrected chi connectivity index (χ1v) is 14.2. The SMILES string of the molecule is Cn1c(Cc2ccc(C(=N)N)cc2)nc2cc(N(C(=O)CNCC(=O)O)S(=O)(=O)c3cccc4cccnc34)ccc21. The Morgan fingerprint density at radius 3 is 2.50 bits per heavy atom. The van der Waals surface area contributed by atoms with Gasteiger partial charge in [-0.2, -0.15) is 0 Å². The number of hydrogen-bond donors (Lipinski definition) is 4. The fraction of sp³-hybridized carbons (Fsp3) is 0.138. The van der Waals surface area contributed by atoms with Crippen molar-refractivity contribution in [3.05, 3.63) is 95.9 Å². The first kappa shape index (κ1) is 28.4. The number of carbonyl (C=O) groups excluding carboxylic acids is 1. The molecule has 0 saturated heterocycles. The number of para-hydroxylation sites is 1. The van der Waals surface area contributed by atoms with Crippen LogP contribution >= 0.6 is 0 Å². The number of aromatic nitrogens is 3. The number of benzene rings is 3. The third kappa shape index (κ3) is 5.55. The highest BCUT2D eigenvalue weighted by atomic mass is 32.2. The lowest BCUT2D eigenvalue weighted by Crippen LogP contribution is -2.43. The van der Waals surface area contributed by atoms with Gasteiger partial charge in [-0.05, 0) is 35.9 Å². The summed E-state index contributed by atoms with van der Waals surface area (Å²) in [6.07, 6.45) is 1.93. The van der Waals surface area contributed by atoms with Gasteiger partial charge in [-0.1, -0.05) is 42.5 Å². The zero-order valence-corrected chi connectivity index (χ0v) is 23.3. The lowest BCUT2D eigenvalue weighted by Gasteiger charge is -2.23. The average Bonchev–Trinajstić information content (AvgIpc) is 3.26. The quantitative estimate of drug-likeness (QED) is 0.141. The molecule has 2 aromatic heterocycles. The Morgan fingerprint density at radius 2 is 1.79 bits per heavy atom. The van der Waals surface area contributed by atoms with Crippen LogP contribution in [0, 0.1) is 5.41 Å². The smallest absolute Gasteiger partial charge is 0.317 e. The van der Waals surface area contributed by atoms with Crippen LogP contribution < -0.4 is 15.4 Å². The molecular weight excluding hydrogens is 558 g/mol. The summed E-state index contributed by atoms with van der Waals surface area (Å²) >= 11 is 0. The van der Waals surface area contributed by atoms with Crippen molar-refractivity contribution in [2.75, 3.05) is 17.4 Å². The topological polar surface area (TPSA) is 184 Å². The highest BCUT2D eigenvalue weighted by Gasteiger charge is 2.33. The van der Waals surface area contributed by atoms with Crippen molar-refractivity contribution in [1.82, 2.24) is 19.9 Å². The number of fused-ring (bicyclic) bond motifs is 2. The zero-order chi connectivity index (χ0) is 30.0. The summed E-state index contributed by atoms with van der Waals surface area (Å²) in [7, 11) is -2.65. The van der Waals surface area contributed by atoms with E-state index in [2.05, 4.69) is 10.3 Å². The van der Waals surface area contributed by atoms with E-state index >= 15 is 0 Å². The number of amides is 1. The van der Waals surface area contributed by atoms with Gasteiger partial charge in [0.25, 0.3) is 15.9 Å². The van der Waals surface area contributed by atoms with Crippen molar-refractivity contribution in [2.24, 2.45) is 12.8 Å². The Kier molecular flexibility index (Phi) is 7.70. The van der Waals surface area contributed by atoms with Crippen LogP contribution in [0.25, 0.3) is 21.9 Å². The average molecular weight is 586 g/mol. The van der Waals surface area contributed by atoms with E-state index < -0.39 is 35.0 Å². The molecule has 214 valence electrons. The van der Waals surface area contributed by atoms with Crippen molar-refractivity contribution in [2.45, 2.75) is 11.3 Å². The van der Waals surface area contributed by atoms with Crippen molar-refractivity contribution in [3.63, 3.8) is 0 Å². The molecule has 5 aromatic rings. The van der Waals surface area contributed by atoms with Crippen molar-refractivity contribution >= 4 is 55.4 Å². The number of sulfonamides is 1. The summed E-state index contributed by atoms with van der Waals surface area (Å²) in [6.45, 7) is -1.06. The largest absolute Gasteiger partial charge is 0.480 e. The predicted molar refractivity (Wildman–Crippen MR) is 158 cm³/mol. The van der Waals surface area contributed by atoms with Crippen molar-refractivity contribution < 1.29 is 23.1 Å². The summed E-state index contributed by atoms with van der Waals surface area (Å²) in [6, 6.07) is 20.0. The number of nitrogens with one attached hydrogen (secondary N) is 2. The number of pyridine rings is 1. The molecule has 5 N–H and O–H groups in total. The van der Waals surface area contributed by atoms with Crippen LogP contribution in [0.3, 0.4) is 0 Å². The highest BCUT2D eigenvalue weighted by molar-refractivity contribution is 7.93. The molecule has 1 amide bonds. The number of aryl methyl sites for hydroxylation is 1. The van der Waals surface area contributed by atoms with Crippen LogP contribution in [-0.2, 0) is 33.1 Å². The standard InChI is InChI=1S/C29H27N7O5S/c1-35-23-12-11-21(15-22(23)34-25(35)14-18-7-9-20(10-8-18)29(30)31)36(26(37)16-32-17-27(38)39)42(40,41)24-6-2-4-19-5-3-13-33-28(19)24/h2-13,15,32H,14,16-17H2,1H3,(H3,30,31)(H,38,39). The van der Waals surface area contributed by atoms with Gasteiger partial charge in [-0.3, -0.25) is 25.3 Å². The second-order valence-electron chi connectivity index (χ2n) is 9.54. The third-order valence-corrected chi connectivity index (χ3v) is 8.49. The van der Waals surface area contributed by atoms with Gasteiger partial charge in [0.2, 0.25) is 0 Å². The number of carbonyl (C=O) groups is 2. The number of amidine groups is 1. The molecule has 0 fully saturated rings. The highest BCUT2D eigenvalue weighted by Crippen LogP contribution is 2.31. The number of nitrogens with two attached hydrogens (primary N) is 1. The minimum atomic E-state index is -4.49. The van der Waals surface area contributed by atoms with Gasteiger partial charge >= 0.3 is 5.97 Å². The van der Waals surface area contributed by atoms with Gasteiger partial charge in [-0.15, -0.1) is 0 Å². The normalized spacial score (nSPS) is 11.5. The van der Waals surface area contributed by atoms with E-state index in [1.807, 2.05) is 23.7 Å². The van der Waals surface area contributed by atoms with Gasteiger partial charge < -0.3 is 15.4 Å². The monoisotopic (exact) mass is 585 g/mol. The number of carboxylic acid groups (broad SMARTS) is 1. The van der Waals surface area contributed by atoms with E-state index in [0.717, 1.165) is 11.1 Å². The number of anilines is 1. The van der Waals surface area contributed by atoms with E-state index in [9.17, 15) is 18.0 Å². The molecule has 0 unspecified atom stereocenters. The summed E-state index contributed by atoms with van der Waals surface area (Å²) in [4.78, 5) is 33.2. The molecule has 0 aliphatic carbocycles. The van der Waals surface area contributed by atoms with Gasteiger partial charge in [0.05, 0.1) is 35.3 Å². The Morgan fingerprint density at radius 1 is 1.05 bits per heavy atom. The van der Waals surface area contributed by atoms with Crippen LogP contribution in [0.2, 0.25) is 0 Å². The van der Waals surface area contributed by atoms with E-state index in [1.54, 1.807) is 42.5 Å². The Balaban J connectivity index is 1.56. The fourth-order valence-corrected chi connectivity index (χ4v) is 6.24. The first-order chi connectivity index (χ1) is 20.1. The van der Waals surface area contributed by atoms with E-state index in [0.29, 0.717) is 33.0 Å². The first-order valence-electron chi connectivity index (χ1n) is 12.8. The van der Waals surface area contributed by atoms with E-state index in [-0.39, 0.29) is 21.9 Å². The van der Waals surface area contributed by atoms with Gasteiger partial charge in [0.15, 0.2) is 0 Å². The molecule has 3 aromatic carbocycles. The molecule has 42 heavy (non-hydrogen) atoms. The van der Waals surface area contributed by atoms with Gasteiger partial charge in [-0.25, -0.2) is 17.7 Å². The molecule has 0 saturated carbocycles. The Bertz CT molecular complexity index is 1950. The number of nitrogen functional groups attached to an aromatic ring is 1. The van der Waals surface area contributed by atoms with Crippen LogP contribution in [-0.4, -0.2) is 58.9 Å². The summed E-state index contributed by atoms with van der Waals surface area (Å²) < 4.78 is 30.7. The number of hydrogen-bond acceptors (Lipinski definition) is 8. The summed E-state index contributed by atoms with van der Waals surface area (Å²) in [5.41, 5.74) is 8.53. The van der Waals surface area contributed by atoms with Crippen LogP contribution in [0.1, 0.15) is 17.0 Å². The minimum absolute atomic E-state index is 0.0247. The zero-order valence-electron chi connectivity index (χ0n) is 22.5. The van der Waals surface area contributed by atoms with E-state index in [1.165, 1.54) is 24.4 Å². The lowest BCUT2D eigenvalue weighted by atomic mass is 10.1. The summed E-state index contributed by atoms with van der Waals surface area (Å²) in [5.74, 6) is -1.39. The van der Waals surface area contributed by atoms with Crippen molar-refractivity contribution in [1.29, 1.82) is 5.41 Å². The number of rotatable bonds is 10. The van der Waals surface area contributed by atoms with Gasteiger partial charge in [0.1, 0.15) is 16.6 Å².